The van der Waals surface area contributed by atoms with Gasteiger partial charge in [-0.15, -0.1) is 0 Å². The summed E-state index contributed by atoms with van der Waals surface area (Å²) in [6.07, 6.45) is 7.81. The van der Waals surface area contributed by atoms with Crippen LogP contribution in [0.2, 0.25) is 0 Å². The first-order valence-corrected chi connectivity index (χ1v) is 8.14. The minimum Gasteiger partial charge on any atom is -0.392 e. The molecule has 0 spiro atoms. The molecule has 0 radical (unpaired) electrons. The van der Waals surface area contributed by atoms with E-state index in [-0.39, 0.29) is 11.8 Å². The van der Waals surface area contributed by atoms with Crippen molar-refractivity contribution in [3.63, 3.8) is 0 Å². The third kappa shape index (κ3) is 3.62. The van der Waals surface area contributed by atoms with Gasteiger partial charge in [-0.05, 0) is 17.9 Å². The summed E-state index contributed by atoms with van der Waals surface area (Å²) < 4.78 is 0. The molecule has 1 atom stereocenters. The number of aliphatic hydroxyl groups excluding tert-OH is 1. The van der Waals surface area contributed by atoms with Crippen LogP contribution in [0, 0.1) is 16.0 Å². The summed E-state index contributed by atoms with van der Waals surface area (Å²) in [5, 5.41) is 21.1. The van der Waals surface area contributed by atoms with E-state index in [0.29, 0.717) is 19.0 Å². The zero-order valence-electron chi connectivity index (χ0n) is 12.8. The molecule has 1 aromatic heterocycles. The van der Waals surface area contributed by atoms with E-state index in [1.54, 1.807) is 6.07 Å². The molecule has 1 aliphatic carbocycles. The van der Waals surface area contributed by atoms with Gasteiger partial charge in [0.05, 0.1) is 11.0 Å². The summed E-state index contributed by atoms with van der Waals surface area (Å²) in [5.74, 6) is 0.676. The van der Waals surface area contributed by atoms with Gasteiger partial charge in [0.25, 0.3) is 5.69 Å². The van der Waals surface area contributed by atoms with Crippen molar-refractivity contribution in [3.05, 3.63) is 33.6 Å². The standard InChI is InChI=1S/C16H23N3O3/c20-15(7-12-3-1-2-4-12)11-18-6-5-16-13(10-18)8-14(9-17-16)19(21)22/h8-9,12,15,20H,1-7,10-11H2/t15-/m0/s1. The Kier molecular flexibility index (Phi) is 4.69. The average Bonchev–Trinajstić information content (AvgIpc) is 2.99. The van der Waals surface area contributed by atoms with Gasteiger partial charge in [0, 0.05) is 37.8 Å². The van der Waals surface area contributed by atoms with Crippen LogP contribution in [0.3, 0.4) is 0 Å². The van der Waals surface area contributed by atoms with Gasteiger partial charge in [-0.2, -0.15) is 0 Å². The predicted molar refractivity (Wildman–Crippen MR) is 82.5 cm³/mol. The molecule has 3 rings (SSSR count). The third-order valence-electron chi connectivity index (χ3n) is 4.86. The van der Waals surface area contributed by atoms with Crippen molar-refractivity contribution in [2.75, 3.05) is 13.1 Å². The minimum atomic E-state index is -0.402. The molecule has 1 N–H and O–H groups in total. The van der Waals surface area contributed by atoms with Crippen LogP contribution in [0.4, 0.5) is 5.69 Å². The summed E-state index contributed by atoms with van der Waals surface area (Å²) >= 11 is 0. The van der Waals surface area contributed by atoms with Crippen LogP contribution in [-0.4, -0.2) is 39.1 Å². The van der Waals surface area contributed by atoms with Gasteiger partial charge in [0.1, 0.15) is 6.20 Å². The van der Waals surface area contributed by atoms with Crippen LogP contribution in [0.25, 0.3) is 0 Å². The third-order valence-corrected chi connectivity index (χ3v) is 4.86. The molecule has 0 saturated heterocycles. The van der Waals surface area contributed by atoms with Gasteiger partial charge < -0.3 is 5.11 Å². The van der Waals surface area contributed by atoms with Crippen LogP contribution in [0.15, 0.2) is 12.3 Å². The number of β-amino-alcohol motifs (C(OH)–C–C–N with tert-alkyl or cyclic N) is 1. The van der Waals surface area contributed by atoms with Crippen molar-refractivity contribution in [1.82, 2.24) is 9.88 Å². The topological polar surface area (TPSA) is 79.5 Å². The number of hydrogen-bond acceptors (Lipinski definition) is 5. The van der Waals surface area contributed by atoms with E-state index in [4.69, 9.17) is 0 Å². The summed E-state index contributed by atoms with van der Waals surface area (Å²) in [4.78, 5) is 16.8. The maximum Gasteiger partial charge on any atom is 0.287 e. The molecule has 0 bridgehead atoms. The molecule has 0 aromatic carbocycles. The summed E-state index contributed by atoms with van der Waals surface area (Å²) in [7, 11) is 0. The lowest BCUT2D eigenvalue weighted by Crippen LogP contribution is -2.37. The number of pyridine rings is 1. The second kappa shape index (κ2) is 6.71. The first-order valence-electron chi connectivity index (χ1n) is 8.14. The van der Waals surface area contributed by atoms with Crippen molar-refractivity contribution in [3.8, 4) is 0 Å². The Morgan fingerprint density at radius 2 is 2.23 bits per heavy atom. The highest BCUT2D eigenvalue weighted by molar-refractivity contribution is 5.35. The van der Waals surface area contributed by atoms with Crippen molar-refractivity contribution < 1.29 is 10.0 Å². The zero-order chi connectivity index (χ0) is 15.5. The molecule has 1 saturated carbocycles. The number of fused-ring (bicyclic) bond motifs is 1. The lowest BCUT2D eigenvalue weighted by molar-refractivity contribution is -0.385. The predicted octanol–water partition coefficient (Wildman–Crippen LogP) is 2.29. The molecule has 0 amide bonds. The number of nitrogens with zero attached hydrogens (tertiary/aromatic N) is 3. The fraction of sp³-hybridized carbons (Fsp3) is 0.688. The molecule has 6 nitrogen and oxygen atoms in total. The highest BCUT2D eigenvalue weighted by Crippen LogP contribution is 2.29. The van der Waals surface area contributed by atoms with E-state index in [2.05, 4.69) is 9.88 Å². The van der Waals surface area contributed by atoms with Gasteiger partial charge in [0.2, 0.25) is 0 Å². The average molecular weight is 305 g/mol. The van der Waals surface area contributed by atoms with E-state index in [9.17, 15) is 15.2 Å². The highest BCUT2D eigenvalue weighted by Gasteiger charge is 2.24. The second-order valence-electron chi connectivity index (χ2n) is 6.58. The quantitative estimate of drug-likeness (QED) is 0.667. The molecule has 1 aliphatic heterocycles. The Hall–Kier alpha value is -1.53. The van der Waals surface area contributed by atoms with E-state index in [1.165, 1.54) is 31.9 Å². The molecule has 0 unspecified atom stereocenters. The lowest BCUT2D eigenvalue weighted by Gasteiger charge is -2.30. The Morgan fingerprint density at radius 3 is 2.95 bits per heavy atom. The van der Waals surface area contributed by atoms with Crippen molar-refractivity contribution in [2.45, 2.75) is 51.2 Å². The van der Waals surface area contributed by atoms with Crippen molar-refractivity contribution in [2.24, 2.45) is 5.92 Å². The normalized spacial score (nSPS) is 20.8. The van der Waals surface area contributed by atoms with Crippen LogP contribution < -0.4 is 0 Å². The monoisotopic (exact) mass is 305 g/mol. The van der Waals surface area contributed by atoms with Crippen molar-refractivity contribution in [1.29, 1.82) is 0 Å². The smallest absolute Gasteiger partial charge is 0.287 e. The first-order chi connectivity index (χ1) is 10.6. The zero-order valence-corrected chi connectivity index (χ0v) is 12.8. The SMILES string of the molecule is O=[N+]([O-])c1cnc2c(c1)CN(C[C@@H](O)CC1CCCC1)CC2. The van der Waals surface area contributed by atoms with Crippen LogP contribution in [0.5, 0.6) is 0 Å². The molecule has 2 heterocycles. The van der Waals surface area contributed by atoms with Crippen LogP contribution in [-0.2, 0) is 13.0 Å². The Labute approximate surface area is 130 Å². The summed E-state index contributed by atoms with van der Waals surface area (Å²) in [6, 6.07) is 1.62. The molecule has 120 valence electrons. The molecule has 2 aliphatic rings. The molecule has 22 heavy (non-hydrogen) atoms. The van der Waals surface area contributed by atoms with E-state index >= 15 is 0 Å². The largest absolute Gasteiger partial charge is 0.392 e. The summed E-state index contributed by atoms with van der Waals surface area (Å²) in [5.41, 5.74) is 1.92. The molecular formula is C16H23N3O3. The van der Waals surface area contributed by atoms with Crippen molar-refractivity contribution >= 4 is 5.69 Å². The van der Waals surface area contributed by atoms with Gasteiger partial charge in [-0.1, -0.05) is 25.7 Å². The maximum atomic E-state index is 10.9. The Morgan fingerprint density at radius 1 is 1.45 bits per heavy atom. The number of rotatable bonds is 5. The van der Waals surface area contributed by atoms with Gasteiger partial charge in [-0.25, -0.2) is 0 Å². The van der Waals surface area contributed by atoms with Gasteiger partial charge >= 0.3 is 0 Å². The van der Waals surface area contributed by atoms with Crippen LogP contribution >= 0.6 is 0 Å². The Balaban J connectivity index is 1.58. The molecule has 6 heteroatoms. The maximum absolute atomic E-state index is 10.9. The fourth-order valence-electron chi connectivity index (χ4n) is 3.73. The van der Waals surface area contributed by atoms with Gasteiger partial charge in [0.15, 0.2) is 0 Å². The highest BCUT2D eigenvalue weighted by atomic mass is 16.6. The minimum absolute atomic E-state index is 0.0482. The fourth-order valence-corrected chi connectivity index (χ4v) is 3.73. The van der Waals surface area contributed by atoms with Crippen LogP contribution in [0.1, 0.15) is 43.4 Å². The number of aromatic nitrogens is 1. The first kappa shape index (κ1) is 15.4. The Bertz CT molecular complexity index is 543. The molecular weight excluding hydrogens is 282 g/mol. The molecule has 1 fully saturated rings. The molecule has 1 aromatic rings. The summed E-state index contributed by atoms with van der Waals surface area (Å²) in [6.45, 7) is 2.16. The van der Waals surface area contributed by atoms with E-state index in [0.717, 1.165) is 30.6 Å². The van der Waals surface area contributed by atoms with E-state index < -0.39 is 4.92 Å². The second-order valence-corrected chi connectivity index (χ2v) is 6.58. The van der Waals surface area contributed by atoms with Gasteiger partial charge in [-0.3, -0.25) is 20.0 Å². The lowest BCUT2D eigenvalue weighted by atomic mass is 9.99. The number of nitro groups is 1. The number of aliphatic hydroxyl groups is 1. The number of hydrogen-bond donors (Lipinski definition) is 1. The van der Waals surface area contributed by atoms with E-state index in [1.807, 2.05) is 0 Å².